The quantitative estimate of drug-likeness (QED) is 0.625. The van der Waals surface area contributed by atoms with Crippen LogP contribution in [0.25, 0.3) is 0 Å². The lowest BCUT2D eigenvalue weighted by molar-refractivity contribution is 0.112. The first-order valence-electron chi connectivity index (χ1n) is 3.36. The summed E-state index contributed by atoms with van der Waals surface area (Å²) in [5.41, 5.74) is 0.425. The monoisotopic (exact) mass is 306 g/mol. The van der Waals surface area contributed by atoms with Gasteiger partial charge in [0, 0.05) is 14.5 Å². The van der Waals surface area contributed by atoms with Crippen molar-refractivity contribution in [2.24, 2.45) is 0 Å². The smallest absolute Gasteiger partial charge is 0.423 e. The molecule has 0 amide bonds. The van der Waals surface area contributed by atoms with Crippen LogP contribution in [0.3, 0.4) is 0 Å². The largest absolute Gasteiger partial charge is 0.489 e. The van der Waals surface area contributed by atoms with Crippen LogP contribution in [0.2, 0.25) is 0 Å². The highest BCUT2D eigenvalue weighted by Gasteiger charge is 2.18. The van der Waals surface area contributed by atoms with Crippen LogP contribution < -0.4 is 5.46 Å². The van der Waals surface area contributed by atoms with Crippen molar-refractivity contribution < 1.29 is 14.8 Å². The van der Waals surface area contributed by atoms with Crippen molar-refractivity contribution in [2.75, 3.05) is 0 Å². The molecule has 1 aromatic carbocycles. The standard InChI is InChI=1S/C7H5BBr2O3/c9-4-1-6(8(12)13)5(3-11)7(10)2-4/h1-3,12-13H. The molecular formula is C7H5BBr2O3. The molecular weight excluding hydrogens is 303 g/mol. The first kappa shape index (κ1) is 10.9. The minimum absolute atomic E-state index is 0.177. The van der Waals surface area contributed by atoms with Crippen LogP contribution in [0.5, 0.6) is 0 Å². The van der Waals surface area contributed by atoms with Gasteiger partial charge >= 0.3 is 7.12 Å². The molecule has 0 spiro atoms. The topological polar surface area (TPSA) is 57.5 Å². The molecule has 0 saturated heterocycles. The van der Waals surface area contributed by atoms with Gasteiger partial charge in [0.05, 0.1) is 0 Å². The molecule has 3 nitrogen and oxygen atoms in total. The zero-order chi connectivity index (χ0) is 10.0. The summed E-state index contributed by atoms with van der Waals surface area (Å²) in [6, 6.07) is 3.15. The molecule has 0 aliphatic rings. The summed E-state index contributed by atoms with van der Waals surface area (Å²) in [6.07, 6.45) is 0.575. The molecule has 1 aromatic rings. The molecule has 1 rings (SSSR count). The van der Waals surface area contributed by atoms with Crippen molar-refractivity contribution >= 4 is 50.7 Å². The Balaban J connectivity index is 3.38. The summed E-state index contributed by atoms with van der Waals surface area (Å²) < 4.78 is 1.20. The van der Waals surface area contributed by atoms with Gasteiger partial charge in [-0.25, -0.2) is 0 Å². The Morgan fingerprint density at radius 1 is 1.31 bits per heavy atom. The average molecular weight is 308 g/mol. The fourth-order valence-corrected chi connectivity index (χ4v) is 2.29. The first-order chi connectivity index (χ1) is 6.06. The summed E-state index contributed by atoms with van der Waals surface area (Å²) in [6.45, 7) is 0. The van der Waals surface area contributed by atoms with Gasteiger partial charge in [0.25, 0.3) is 0 Å². The van der Waals surface area contributed by atoms with Crippen molar-refractivity contribution in [3.8, 4) is 0 Å². The zero-order valence-corrected chi connectivity index (χ0v) is 9.54. The number of hydrogen-bond acceptors (Lipinski definition) is 3. The van der Waals surface area contributed by atoms with Crippen molar-refractivity contribution in [2.45, 2.75) is 0 Å². The van der Waals surface area contributed by atoms with Crippen molar-refractivity contribution in [3.05, 3.63) is 26.6 Å². The van der Waals surface area contributed by atoms with Gasteiger partial charge in [0.2, 0.25) is 0 Å². The molecule has 68 valence electrons. The van der Waals surface area contributed by atoms with E-state index in [4.69, 9.17) is 10.0 Å². The van der Waals surface area contributed by atoms with E-state index in [1.807, 2.05) is 0 Å². The molecule has 0 heterocycles. The van der Waals surface area contributed by atoms with Crippen LogP contribution >= 0.6 is 31.9 Å². The van der Waals surface area contributed by atoms with Gasteiger partial charge in [0.15, 0.2) is 6.29 Å². The summed E-state index contributed by atoms with van der Waals surface area (Å²) in [5.74, 6) is 0. The summed E-state index contributed by atoms with van der Waals surface area (Å²) >= 11 is 6.32. The third-order valence-electron chi connectivity index (χ3n) is 1.52. The van der Waals surface area contributed by atoms with Crippen LogP contribution in [-0.4, -0.2) is 23.5 Å². The second-order valence-corrected chi connectivity index (χ2v) is 4.15. The van der Waals surface area contributed by atoms with Gasteiger partial charge < -0.3 is 10.0 Å². The highest BCUT2D eigenvalue weighted by molar-refractivity contribution is 9.11. The van der Waals surface area contributed by atoms with Crippen LogP contribution in [0.4, 0.5) is 0 Å². The SMILES string of the molecule is O=Cc1c(Br)cc(Br)cc1B(O)O. The third kappa shape index (κ3) is 2.40. The number of carbonyl (C=O) groups is 1. The maximum atomic E-state index is 10.6. The number of halogens is 2. The molecule has 13 heavy (non-hydrogen) atoms. The molecule has 0 aliphatic heterocycles. The minimum atomic E-state index is -1.64. The van der Waals surface area contributed by atoms with E-state index >= 15 is 0 Å². The second-order valence-electron chi connectivity index (χ2n) is 2.38. The predicted molar refractivity (Wildman–Crippen MR) is 57.1 cm³/mol. The Labute approximate surface area is 92.2 Å². The summed E-state index contributed by atoms with van der Waals surface area (Å²) in [4.78, 5) is 10.6. The number of aldehydes is 1. The fourth-order valence-electron chi connectivity index (χ4n) is 0.943. The lowest BCUT2D eigenvalue weighted by Gasteiger charge is -2.06. The Morgan fingerprint density at radius 2 is 1.92 bits per heavy atom. The second kappa shape index (κ2) is 4.37. The Hall–Kier alpha value is -0.165. The maximum absolute atomic E-state index is 10.6. The molecule has 0 aromatic heterocycles. The van der Waals surface area contributed by atoms with Gasteiger partial charge in [-0.3, -0.25) is 4.79 Å². The minimum Gasteiger partial charge on any atom is -0.423 e. The molecule has 0 aliphatic carbocycles. The first-order valence-corrected chi connectivity index (χ1v) is 4.95. The number of carbonyl (C=O) groups excluding carboxylic acids is 1. The Morgan fingerprint density at radius 3 is 2.38 bits per heavy atom. The number of hydrogen-bond donors (Lipinski definition) is 2. The van der Waals surface area contributed by atoms with Gasteiger partial charge in [-0.15, -0.1) is 0 Å². The Bertz CT molecular complexity index is 341. The summed E-state index contributed by atoms with van der Waals surface area (Å²) in [7, 11) is -1.64. The molecule has 2 N–H and O–H groups in total. The van der Waals surface area contributed by atoms with E-state index < -0.39 is 7.12 Å². The summed E-state index contributed by atoms with van der Waals surface area (Å²) in [5, 5.41) is 17.9. The fraction of sp³-hybridized carbons (Fsp3) is 0. The molecule has 0 atom stereocenters. The molecule has 0 saturated carbocycles. The molecule has 0 radical (unpaired) electrons. The van der Waals surface area contributed by atoms with Crippen LogP contribution in [0, 0.1) is 0 Å². The van der Waals surface area contributed by atoms with E-state index in [2.05, 4.69) is 31.9 Å². The third-order valence-corrected chi connectivity index (χ3v) is 2.64. The number of benzene rings is 1. The van der Waals surface area contributed by atoms with Crippen molar-refractivity contribution in [3.63, 3.8) is 0 Å². The van der Waals surface area contributed by atoms with Gasteiger partial charge in [-0.1, -0.05) is 31.9 Å². The van der Waals surface area contributed by atoms with Gasteiger partial charge in [-0.05, 0) is 17.6 Å². The van der Waals surface area contributed by atoms with E-state index in [0.717, 1.165) is 0 Å². The van der Waals surface area contributed by atoms with Crippen molar-refractivity contribution in [1.29, 1.82) is 0 Å². The van der Waals surface area contributed by atoms with E-state index in [0.29, 0.717) is 15.2 Å². The van der Waals surface area contributed by atoms with E-state index in [-0.39, 0.29) is 11.0 Å². The zero-order valence-electron chi connectivity index (χ0n) is 6.37. The van der Waals surface area contributed by atoms with Crippen molar-refractivity contribution in [1.82, 2.24) is 0 Å². The highest BCUT2D eigenvalue weighted by atomic mass is 79.9. The van der Waals surface area contributed by atoms with Crippen LogP contribution in [0.1, 0.15) is 10.4 Å². The highest BCUT2D eigenvalue weighted by Crippen LogP contribution is 2.19. The van der Waals surface area contributed by atoms with Gasteiger partial charge in [-0.2, -0.15) is 0 Å². The number of rotatable bonds is 2. The normalized spacial score (nSPS) is 9.85. The van der Waals surface area contributed by atoms with Gasteiger partial charge in [0.1, 0.15) is 0 Å². The molecule has 0 unspecified atom stereocenters. The molecule has 0 bridgehead atoms. The van der Waals surface area contributed by atoms with E-state index in [1.165, 1.54) is 6.07 Å². The molecule has 6 heteroatoms. The lowest BCUT2D eigenvalue weighted by atomic mass is 9.77. The molecule has 0 fully saturated rings. The predicted octanol–water partition coefficient (Wildman–Crippen LogP) is 0.704. The maximum Gasteiger partial charge on any atom is 0.489 e. The average Bonchev–Trinajstić information content (AvgIpc) is 2.02. The Kier molecular flexibility index (Phi) is 3.67. The lowest BCUT2D eigenvalue weighted by Crippen LogP contribution is -2.33. The van der Waals surface area contributed by atoms with E-state index in [1.54, 1.807) is 6.07 Å². The van der Waals surface area contributed by atoms with Crippen LogP contribution in [-0.2, 0) is 0 Å². The van der Waals surface area contributed by atoms with Crippen LogP contribution in [0.15, 0.2) is 21.1 Å². The van der Waals surface area contributed by atoms with E-state index in [9.17, 15) is 4.79 Å².